The molecule has 2 fully saturated rings. The molecule has 0 radical (unpaired) electrons. The van der Waals surface area contributed by atoms with Gasteiger partial charge in [0.1, 0.15) is 11.4 Å². The predicted octanol–water partition coefficient (Wildman–Crippen LogP) is 1.98. The summed E-state index contributed by atoms with van der Waals surface area (Å²) in [4.78, 5) is 31.0. The van der Waals surface area contributed by atoms with Gasteiger partial charge >= 0.3 is 0 Å². The van der Waals surface area contributed by atoms with Gasteiger partial charge in [0, 0.05) is 37.9 Å². The standard InChI is InChI=1S/C18H25N5O/c1-12(2)9-23-13(3)21-18(16(23)24)6-5-14-10-22(11-15(14)18)17-19-7-4-8-20-17/h4,7-8,12,14-15H,5-6,9-11H2,1-3H3/t14-,15+,18-/m1/s1. The van der Waals surface area contributed by atoms with Crippen molar-refractivity contribution in [3.8, 4) is 0 Å². The lowest BCUT2D eigenvalue weighted by Gasteiger charge is -2.28. The van der Waals surface area contributed by atoms with E-state index in [-0.39, 0.29) is 11.8 Å². The van der Waals surface area contributed by atoms with Crippen LogP contribution in [-0.2, 0) is 4.79 Å². The van der Waals surface area contributed by atoms with Gasteiger partial charge in [-0.15, -0.1) is 0 Å². The van der Waals surface area contributed by atoms with Gasteiger partial charge in [-0.05, 0) is 37.7 Å². The number of hydrogen-bond donors (Lipinski definition) is 0. The van der Waals surface area contributed by atoms with Gasteiger partial charge in [0.15, 0.2) is 0 Å². The summed E-state index contributed by atoms with van der Waals surface area (Å²) < 4.78 is 0. The Labute approximate surface area is 143 Å². The molecule has 1 aromatic heterocycles. The fourth-order valence-electron chi connectivity index (χ4n) is 4.68. The summed E-state index contributed by atoms with van der Waals surface area (Å²) in [6.45, 7) is 8.80. The molecule has 0 aromatic carbocycles. The number of aromatic nitrogens is 2. The van der Waals surface area contributed by atoms with Crippen LogP contribution in [0.25, 0.3) is 0 Å². The number of rotatable bonds is 3. The Bertz CT molecular complexity index is 673. The van der Waals surface area contributed by atoms with Crippen molar-refractivity contribution in [2.45, 2.75) is 39.2 Å². The summed E-state index contributed by atoms with van der Waals surface area (Å²) in [5, 5.41) is 0. The number of aliphatic imine (C=N–C) groups is 1. The molecule has 24 heavy (non-hydrogen) atoms. The zero-order valence-electron chi connectivity index (χ0n) is 14.6. The minimum absolute atomic E-state index is 0.219. The molecule has 3 atom stereocenters. The van der Waals surface area contributed by atoms with E-state index in [4.69, 9.17) is 4.99 Å². The van der Waals surface area contributed by atoms with Crippen molar-refractivity contribution in [2.24, 2.45) is 22.7 Å². The molecule has 1 saturated heterocycles. The van der Waals surface area contributed by atoms with E-state index in [1.165, 1.54) is 0 Å². The molecule has 3 aliphatic rings. The zero-order valence-corrected chi connectivity index (χ0v) is 14.6. The first-order valence-corrected chi connectivity index (χ1v) is 8.91. The molecule has 0 bridgehead atoms. The van der Waals surface area contributed by atoms with Gasteiger partial charge in [0.05, 0.1) is 0 Å². The number of anilines is 1. The lowest BCUT2D eigenvalue weighted by Crippen LogP contribution is -2.47. The minimum atomic E-state index is -0.535. The largest absolute Gasteiger partial charge is 0.340 e. The maximum Gasteiger partial charge on any atom is 0.256 e. The maximum atomic E-state index is 13.2. The Morgan fingerprint density at radius 2 is 2.04 bits per heavy atom. The Morgan fingerprint density at radius 3 is 2.75 bits per heavy atom. The second-order valence-corrected chi connectivity index (χ2v) is 7.75. The molecule has 1 spiro atoms. The SMILES string of the molecule is CC1=N[C@@]2(CC[C@@H]3CN(c4ncccn4)C[C@@H]32)C(=O)N1CC(C)C. The molecule has 3 heterocycles. The highest BCUT2D eigenvalue weighted by Crippen LogP contribution is 2.50. The number of fused-ring (bicyclic) bond motifs is 2. The van der Waals surface area contributed by atoms with Crippen LogP contribution in [0.5, 0.6) is 0 Å². The third-order valence-electron chi connectivity index (χ3n) is 5.70. The monoisotopic (exact) mass is 327 g/mol. The number of nitrogens with zero attached hydrogens (tertiary/aromatic N) is 5. The topological polar surface area (TPSA) is 61.7 Å². The third-order valence-corrected chi connectivity index (χ3v) is 5.70. The third kappa shape index (κ3) is 2.23. The van der Waals surface area contributed by atoms with Gasteiger partial charge in [-0.2, -0.15) is 0 Å². The van der Waals surface area contributed by atoms with Crippen molar-refractivity contribution in [3.05, 3.63) is 18.5 Å². The average Bonchev–Trinajstić information content (AvgIpc) is 3.19. The molecule has 4 rings (SSSR count). The van der Waals surface area contributed by atoms with E-state index >= 15 is 0 Å². The second kappa shape index (κ2) is 5.53. The van der Waals surface area contributed by atoms with E-state index in [0.717, 1.165) is 44.3 Å². The average molecular weight is 327 g/mol. The fourth-order valence-corrected chi connectivity index (χ4v) is 4.68. The number of amidine groups is 1. The van der Waals surface area contributed by atoms with Crippen molar-refractivity contribution in [2.75, 3.05) is 24.5 Å². The second-order valence-electron chi connectivity index (χ2n) is 7.75. The van der Waals surface area contributed by atoms with Crippen LogP contribution >= 0.6 is 0 Å². The Kier molecular flexibility index (Phi) is 3.58. The van der Waals surface area contributed by atoms with E-state index < -0.39 is 5.54 Å². The Hall–Kier alpha value is -1.98. The van der Waals surface area contributed by atoms with Crippen LogP contribution in [0.15, 0.2) is 23.5 Å². The Morgan fingerprint density at radius 1 is 1.29 bits per heavy atom. The number of carbonyl (C=O) groups excluding carboxylic acids is 1. The minimum Gasteiger partial charge on any atom is -0.340 e. The molecule has 1 aliphatic carbocycles. The highest BCUT2D eigenvalue weighted by molar-refractivity contribution is 6.07. The lowest BCUT2D eigenvalue weighted by atomic mass is 9.85. The van der Waals surface area contributed by atoms with Crippen molar-refractivity contribution in [1.82, 2.24) is 14.9 Å². The first kappa shape index (κ1) is 15.5. The molecular weight excluding hydrogens is 302 g/mol. The van der Waals surface area contributed by atoms with E-state index in [1.54, 1.807) is 12.4 Å². The van der Waals surface area contributed by atoms with Crippen LogP contribution in [-0.4, -0.2) is 51.8 Å². The zero-order chi connectivity index (χ0) is 16.9. The fraction of sp³-hybridized carbons (Fsp3) is 0.667. The van der Waals surface area contributed by atoms with Crippen molar-refractivity contribution >= 4 is 17.7 Å². The molecule has 6 nitrogen and oxygen atoms in total. The van der Waals surface area contributed by atoms with Crippen LogP contribution in [0.4, 0.5) is 5.95 Å². The lowest BCUT2D eigenvalue weighted by molar-refractivity contribution is -0.132. The smallest absolute Gasteiger partial charge is 0.256 e. The summed E-state index contributed by atoms with van der Waals surface area (Å²) >= 11 is 0. The molecule has 2 aliphatic heterocycles. The van der Waals surface area contributed by atoms with Gasteiger partial charge in [-0.1, -0.05) is 13.8 Å². The van der Waals surface area contributed by atoms with Crippen LogP contribution in [0.1, 0.15) is 33.6 Å². The summed E-state index contributed by atoms with van der Waals surface area (Å²) in [5.41, 5.74) is -0.535. The molecule has 128 valence electrons. The number of carbonyl (C=O) groups is 1. The van der Waals surface area contributed by atoms with Gasteiger partial charge in [0.25, 0.3) is 5.91 Å². The molecule has 1 aromatic rings. The summed E-state index contributed by atoms with van der Waals surface area (Å²) in [5.74, 6) is 3.12. The molecule has 6 heteroatoms. The highest BCUT2D eigenvalue weighted by atomic mass is 16.2. The molecule has 0 unspecified atom stereocenters. The Balaban J connectivity index is 1.59. The van der Waals surface area contributed by atoms with E-state index in [9.17, 15) is 4.79 Å². The van der Waals surface area contributed by atoms with Crippen molar-refractivity contribution < 1.29 is 4.79 Å². The van der Waals surface area contributed by atoms with Gasteiger partial charge in [-0.25, -0.2) is 9.97 Å². The van der Waals surface area contributed by atoms with Gasteiger partial charge < -0.3 is 4.90 Å². The number of amides is 1. The first-order chi connectivity index (χ1) is 11.5. The number of hydrogen-bond acceptors (Lipinski definition) is 5. The molecule has 1 saturated carbocycles. The van der Waals surface area contributed by atoms with Crippen LogP contribution in [0.2, 0.25) is 0 Å². The van der Waals surface area contributed by atoms with Crippen molar-refractivity contribution in [3.63, 3.8) is 0 Å². The molecule has 0 N–H and O–H groups in total. The summed E-state index contributed by atoms with van der Waals surface area (Å²) in [6, 6.07) is 1.83. The van der Waals surface area contributed by atoms with Gasteiger partial charge in [-0.3, -0.25) is 14.7 Å². The van der Waals surface area contributed by atoms with Crippen LogP contribution < -0.4 is 4.90 Å². The van der Waals surface area contributed by atoms with Crippen LogP contribution in [0.3, 0.4) is 0 Å². The molecule has 1 amide bonds. The predicted molar refractivity (Wildman–Crippen MR) is 92.9 cm³/mol. The van der Waals surface area contributed by atoms with E-state index in [0.29, 0.717) is 11.8 Å². The van der Waals surface area contributed by atoms with E-state index in [2.05, 4.69) is 28.7 Å². The summed E-state index contributed by atoms with van der Waals surface area (Å²) in [6.07, 6.45) is 5.50. The van der Waals surface area contributed by atoms with Crippen LogP contribution in [0, 0.1) is 17.8 Å². The molecular formula is C18H25N5O. The first-order valence-electron chi connectivity index (χ1n) is 8.91. The normalized spacial score (nSPS) is 32.2. The highest BCUT2D eigenvalue weighted by Gasteiger charge is 2.60. The van der Waals surface area contributed by atoms with Crippen molar-refractivity contribution in [1.29, 1.82) is 0 Å². The van der Waals surface area contributed by atoms with Gasteiger partial charge in [0.2, 0.25) is 5.95 Å². The maximum absolute atomic E-state index is 13.2. The van der Waals surface area contributed by atoms with E-state index in [1.807, 2.05) is 17.9 Å². The summed E-state index contributed by atoms with van der Waals surface area (Å²) in [7, 11) is 0. The quantitative estimate of drug-likeness (QED) is 0.852.